The molecule has 2 rings (SSSR count). The molecular formula is C17H22N4O. The van der Waals surface area contributed by atoms with Crippen LogP contribution in [0.25, 0.3) is 0 Å². The molecule has 0 saturated carbocycles. The van der Waals surface area contributed by atoms with E-state index in [1.807, 2.05) is 36.4 Å². The predicted molar refractivity (Wildman–Crippen MR) is 91.3 cm³/mol. The van der Waals surface area contributed by atoms with E-state index in [1.54, 1.807) is 12.3 Å². The fourth-order valence-corrected chi connectivity index (χ4v) is 1.98. The molecule has 0 saturated heterocycles. The first kappa shape index (κ1) is 15.8. The van der Waals surface area contributed by atoms with Crippen molar-refractivity contribution in [1.29, 1.82) is 0 Å². The summed E-state index contributed by atoms with van der Waals surface area (Å²) in [5.41, 5.74) is 1.71. The highest BCUT2D eigenvalue weighted by Gasteiger charge is 2.03. The van der Waals surface area contributed by atoms with Crippen LogP contribution in [0.5, 0.6) is 0 Å². The van der Waals surface area contributed by atoms with E-state index in [2.05, 4.69) is 27.9 Å². The monoisotopic (exact) mass is 298 g/mol. The molecule has 5 nitrogen and oxygen atoms in total. The molecule has 0 bridgehead atoms. The van der Waals surface area contributed by atoms with Gasteiger partial charge in [-0.2, -0.15) is 0 Å². The first-order chi connectivity index (χ1) is 10.8. The smallest absolute Gasteiger partial charge is 0.324 e. The number of carbonyl (C=O) groups is 1. The number of hydrogen-bond donors (Lipinski definition) is 3. The largest absolute Gasteiger partial charge is 0.384 e. The van der Waals surface area contributed by atoms with Crippen LogP contribution < -0.4 is 16.0 Å². The minimum atomic E-state index is -0.303. The first-order valence-corrected chi connectivity index (χ1v) is 7.61. The van der Waals surface area contributed by atoms with E-state index in [4.69, 9.17) is 0 Å². The van der Waals surface area contributed by atoms with Gasteiger partial charge in [-0.3, -0.25) is 5.32 Å². The normalized spacial score (nSPS) is 10.0. The molecule has 1 aromatic heterocycles. The maximum Gasteiger partial charge on any atom is 0.324 e. The second-order valence-corrected chi connectivity index (χ2v) is 5.01. The second-order valence-electron chi connectivity index (χ2n) is 5.01. The van der Waals surface area contributed by atoms with E-state index >= 15 is 0 Å². The zero-order valence-corrected chi connectivity index (χ0v) is 12.8. The summed E-state index contributed by atoms with van der Waals surface area (Å²) in [4.78, 5) is 16.1. The summed E-state index contributed by atoms with van der Waals surface area (Å²) in [5.74, 6) is 0.521. The van der Waals surface area contributed by atoms with Gasteiger partial charge in [0.05, 0.1) is 11.9 Å². The number of pyridine rings is 1. The summed E-state index contributed by atoms with van der Waals surface area (Å²) >= 11 is 0. The Bertz CT molecular complexity index is 569. The number of hydrogen-bond acceptors (Lipinski definition) is 3. The number of nitrogens with zero attached hydrogens (tertiary/aromatic N) is 1. The number of nitrogens with one attached hydrogen (secondary N) is 3. The van der Waals surface area contributed by atoms with Gasteiger partial charge in [0.25, 0.3) is 0 Å². The lowest BCUT2D eigenvalue weighted by Gasteiger charge is -2.08. The Morgan fingerprint density at radius 1 is 1.00 bits per heavy atom. The van der Waals surface area contributed by atoms with Crippen molar-refractivity contribution in [1.82, 2.24) is 4.98 Å². The Balaban J connectivity index is 1.79. The molecule has 22 heavy (non-hydrogen) atoms. The van der Waals surface area contributed by atoms with Gasteiger partial charge in [0, 0.05) is 12.2 Å². The number of para-hydroxylation sites is 1. The zero-order chi connectivity index (χ0) is 15.6. The van der Waals surface area contributed by atoms with Gasteiger partial charge < -0.3 is 10.6 Å². The van der Waals surface area contributed by atoms with Crippen LogP contribution in [0.2, 0.25) is 0 Å². The number of amides is 2. The average Bonchev–Trinajstić information content (AvgIpc) is 2.54. The summed E-state index contributed by atoms with van der Waals surface area (Å²) in [6.45, 7) is 3.12. The third-order valence-corrected chi connectivity index (χ3v) is 3.15. The minimum Gasteiger partial charge on any atom is -0.384 e. The van der Waals surface area contributed by atoms with Crippen molar-refractivity contribution in [3.05, 3.63) is 48.7 Å². The van der Waals surface area contributed by atoms with Crippen molar-refractivity contribution in [2.45, 2.75) is 26.2 Å². The predicted octanol–water partition coefficient (Wildman–Crippen LogP) is 4.33. The van der Waals surface area contributed by atoms with Crippen LogP contribution in [0.1, 0.15) is 26.2 Å². The van der Waals surface area contributed by atoms with Gasteiger partial charge >= 0.3 is 6.03 Å². The molecule has 0 radical (unpaired) electrons. The van der Waals surface area contributed by atoms with Crippen LogP contribution in [0.3, 0.4) is 0 Å². The van der Waals surface area contributed by atoms with Crippen molar-refractivity contribution < 1.29 is 4.79 Å². The Labute approximate surface area is 131 Å². The number of aromatic nitrogens is 1. The molecule has 1 aromatic carbocycles. The van der Waals surface area contributed by atoms with Gasteiger partial charge in [-0.1, -0.05) is 38.0 Å². The number of benzene rings is 1. The molecule has 2 aromatic rings. The Hall–Kier alpha value is -2.56. The Morgan fingerprint density at radius 2 is 1.82 bits per heavy atom. The highest BCUT2D eigenvalue weighted by molar-refractivity contribution is 5.99. The summed E-state index contributed by atoms with van der Waals surface area (Å²) in [6, 6.07) is 12.7. The van der Waals surface area contributed by atoms with Crippen molar-refractivity contribution in [3.8, 4) is 0 Å². The zero-order valence-electron chi connectivity index (χ0n) is 12.8. The van der Waals surface area contributed by atoms with Crippen molar-refractivity contribution in [2.75, 3.05) is 22.5 Å². The first-order valence-electron chi connectivity index (χ1n) is 7.61. The SMILES string of the molecule is CCCCCNc1ccc(NC(=O)Nc2ccccc2)nc1. The molecule has 0 fully saturated rings. The van der Waals surface area contributed by atoms with Crippen LogP contribution in [-0.4, -0.2) is 17.6 Å². The van der Waals surface area contributed by atoms with Gasteiger partial charge in [0.15, 0.2) is 0 Å². The van der Waals surface area contributed by atoms with E-state index in [0.717, 1.165) is 24.3 Å². The quantitative estimate of drug-likeness (QED) is 0.667. The van der Waals surface area contributed by atoms with E-state index in [1.165, 1.54) is 12.8 Å². The number of anilines is 3. The molecule has 0 aliphatic heterocycles. The molecule has 0 aliphatic rings. The van der Waals surface area contributed by atoms with Crippen LogP contribution >= 0.6 is 0 Å². The summed E-state index contributed by atoms with van der Waals surface area (Å²) in [7, 11) is 0. The highest BCUT2D eigenvalue weighted by atomic mass is 16.2. The number of urea groups is 1. The van der Waals surface area contributed by atoms with Gasteiger partial charge in [0.2, 0.25) is 0 Å². The highest BCUT2D eigenvalue weighted by Crippen LogP contribution is 2.11. The van der Waals surface area contributed by atoms with Crippen LogP contribution in [0.15, 0.2) is 48.7 Å². The van der Waals surface area contributed by atoms with Crippen LogP contribution in [0, 0.1) is 0 Å². The molecular weight excluding hydrogens is 276 g/mol. The number of rotatable bonds is 7. The van der Waals surface area contributed by atoms with Crippen molar-refractivity contribution >= 4 is 23.2 Å². The maximum atomic E-state index is 11.8. The van der Waals surface area contributed by atoms with Crippen molar-refractivity contribution in [3.63, 3.8) is 0 Å². The summed E-state index contributed by atoms with van der Waals surface area (Å²) in [6.07, 6.45) is 5.30. The fourth-order valence-electron chi connectivity index (χ4n) is 1.98. The average molecular weight is 298 g/mol. The molecule has 1 heterocycles. The molecule has 0 aliphatic carbocycles. The fraction of sp³-hybridized carbons (Fsp3) is 0.294. The van der Waals surface area contributed by atoms with E-state index in [9.17, 15) is 4.79 Å². The molecule has 0 atom stereocenters. The molecule has 0 unspecified atom stereocenters. The van der Waals surface area contributed by atoms with E-state index < -0.39 is 0 Å². The molecule has 3 N–H and O–H groups in total. The van der Waals surface area contributed by atoms with Gasteiger partial charge in [0.1, 0.15) is 5.82 Å². The molecule has 2 amide bonds. The molecule has 0 spiro atoms. The Kier molecular flexibility index (Phi) is 6.23. The summed E-state index contributed by atoms with van der Waals surface area (Å²) < 4.78 is 0. The van der Waals surface area contributed by atoms with Gasteiger partial charge in [-0.25, -0.2) is 9.78 Å². The van der Waals surface area contributed by atoms with Crippen LogP contribution in [-0.2, 0) is 0 Å². The Morgan fingerprint density at radius 3 is 2.50 bits per heavy atom. The van der Waals surface area contributed by atoms with E-state index in [-0.39, 0.29) is 6.03 Å². The minimum absolute atomic E-state index is 0.303. The number of unbranched alkanes of at least 4 members (excludes halogenated alkanes) is 2. The number of carbonyl (C=O) groups excluding carboxylic acids is 1. The lowest BCUT2D eigenvalue weighted by atomic mass is 10.2. The van der Waals surface area contributed by atoms with Gasteiger partial charge in [-0.05, 0) is 30.7 Å². The van der Waals surface area contributed by atoms with Crippen LogP contribution in [0.4, 0.5) is 22.0 Å². The standard InChI is InChI=1S/C17H22N4O/c1-2-3-7-12-18-15-10-11-16(19-13-15)21-17(22)20-14-8-5-4-6-9-14/h4-6,8-11,13,18H,2-3,7,12H2,1H3,(H2,19,20,21,22). The second kappa shape index (κ2) is 8.67. The summed E-state index contributed by atoms with van der Waals surface area (Å²) in [5, 5.41) is 8.76. The molecule has 116 valence electrons. The lowest BCUT2D eigenvalue weighted by Crippen LogP contribution is -2.20. The van der Waals surface area contributed by atoms with E-state index in [0.29, 0.717) is 5.82 Å². The lowest BCUT2D eigenvalue weighted by molar-refractivity contribution is 0.262. The van der Waals surface area contributed by atoms with Crippen molar-refractivity contribution in [2.24, 2.45) is 0 Å². The molecule has 5 heteroatoms. The maximum absolute atomic E-state index is 11.8. The third kappa shape index (κ3) is 5.44. The topological polar surface area (TPSA) is 66.0 Å². The van der Waals surface area contributed by atoms with Gasteiger partial charge in [-0.15, -0.1) is 0 Å². The third-order valence-electron chi connectivity index (χ3n) is 3.15.